The molecule has 0 fully saturated rings. The summed E-state index contributed by atoms with van der Waals surface area (Å²) in [5.41, 5.74) is 0.836. The predicted molar refractivity (Wildman–Crippen MR) is 73.9 cm³/mol. The van der Waals surface area contributed by atoms with E-state index in [1.807, 2.05) is 6.07 Å². The van der Waals surface area contributed by atoms with Gasteiger partial charge in [-0.1, -0.05) is 0 Å². The molecule has 7 heteroatoms. The van der Waals surface area contributed by atoms with Crippen LogP contribution in [0.4, 0.5) is 10.2 Å². The fraction of sp³-hybridized carbons (Fsp3) is 0.231. The third-order valence-corrected chi connectivity index (χ3v) is 2.84. The molecule has 106 valence electrons. The number of nitrogens with one attached hydrogen (secondary N) is 1. The van der Waals surface area contributed by atoms with Gasteiger partial charge < -0.3 is 14.8 Å². The first-order valence-electron chi connectivity index (χ1n) is 5.77. The van der Waals surface area contributed by atoms with Crippen molar-refractivity contribution in [3.05, 3.63) is 41.1 Å². The highest BCUT2D eigenvalue weighted by atomic mass is 35.5. The van der Waals surface area contributed by atoms with Crippen molar-refractivity contribution >= 4 is 17.4 Å². The number of aromatic nitrogens is 2. The van der Waals surface area contributed by atoms with Gasteiger partial charge in [0, 0.05) is 18.2 Å². The molecule has 0 unspecified atom stereocenters. The zero-order chi connectivity index (χ0) is 14.5. The van der Waals surface area contributed by atoms with Gasteiger partial charge in [-0.05, 0) is 23.7 Å². The second-order valence-electron chi connectivity index (χ2n) is 3.87. The first-order valence-corrected chi connectivity index (χ1v) is 6.14. The first-order chi connectivity index (χ1) is 9.63. The number of benzene rings is 1. The van der Waals surface area contributed by atoms with Crippen molar-refractivity contribution in [3.8, 4) is 11.5 Å². The van der Waals surface area contributed by atoms with Crippen LogP contribution in [0.2, 0.25) is 5.28 Å². The maximum atomic E-state index is 13.5. The van der Waals surface area contributed by atoms with Gasteiger partial charge in [0.15, 0.2) is 11.6 Å². The molecule has 0 bridgehead atoms. The van der Waals surface area contributed by atoms with E-state index in [4.69, 9.17) is 21.1 Å². The van der Waals surface area contributed by atoms with Crippen molar-refractivity contribution in [1.29, 1.82) is 0 Å². The lowest BCUT2D eigenvalue weighted by Crippen LogP contribution is -2.06. The Kier molecular flexibility index (Phi) is 4.57. The Bertz CT molecular complexity index is 610. The van der Waals surface area contributed by atoms with Gasteiger partial charge in [-0.3, -0.25) is 0 Å². The van der Waals surface area contributed by atoms with Crippen LogP contribution in [0.1, 0.15) is 5.56 Å². The van der Waals surface area contributed by atoms with Gasteiger partial charge >= 0.3 is 0 Å². The molecule has 0 amide bonds. The van der Waals surface area contributed by atoms with Crippen LogP contribution in [0.15, 0.2) is 24.4 Å². The van der Waals surface area contributed by atoms with E-state index in [0.29, 0.717) is 18.0 Å². The van der Waals surface area contributed by atoms with E-state index >= 15 is 0 Å². The van der Waals surface area contributed by atoms with Crippen molar-refractivity contribution in [2.24, 2.45) is 0 Å². The normalized spacial score (nSPS) is 10.2. The Morgan fingerprint density at radius 3 is 2.80 bits per heavy atom. The highest BCUT2D eigenvalue weighted by Crippen LogP contribution is 2.25. The Balaban J connectivity index is 2.16. The molecule has 20 heavy (non-hydrogen) atoms. The summed E-state index contributed by atoms with van der Waals surface area (Å²) in [6, 6.07) is 5.37. The molecular weight excluding hydrogens is 285 g/mol. The molecule has 0 atom stereocenters. The third kappa shape index (κ3) is 3.27. The Labute approximate surface area is 120 Å². The minimum absolute atomic E-state index is 0.0180. The van der Waals surface area contributed by atoms with Crippen molar-refractivity contribution in [2.75, 3.05) is 19.5 Å². The van der Waals surface area contributed by atoms with Crippen LogP contribution in [0, 0.1) is 5.82 Å². The molecule has 0 radical (unpaired) electrons. The average molecular weight is 298 g/mol. The van der Waals surface area contributed by atoms with Crippen LogP contribution in [-0.2, 0) is 6.54 Å². The zero-order valence-corrected chi connectivity index (χ0v) is 11.7. The summed E-state index contributed by atoms with van der Waals surface area (Å²) in [4.78, 5) is 7.33. The van der Waals surface area contributed by atoms with E-state index in [0.717, 1.165) is 11.8 Å². The molecule has 1 aromatic heterocycles. The molecule has 0 aliphatic heterocycles. The zero-order valence-electron chi connectivity index (χ0n) is 11.0. The van der Waals surface area contributed by atoms with Crippen LogP contribution in [0.5, 0.6) is 11.5 Å². The fourth-order valence-electron chi connectivity index (χ4n) is 1.65. The van der Waals surface area contributed by atoms with E-state index < -0.39 is 5.82 Å². The molecule has 5 nitrogen and oxygen atoms in total. The summed E-state index contributed by atoms with van der Waals surface area (Å²) in [5.74, 6) is 0.795. The van der Waals surface area contributed by atoms with Crippen LogP contribution < -0.4 is 14.8 Å². The van der Waals surface area contributed by atoms with Gasteiger partial charge in [-0.25, -0.2) is 9.37 Å². The smallest absolute Gasteiger partial charge is 0.224 e. The van der Waals surface area contributed by atoms with E-state index in [1.54, 1.807) is 26.4 Å². The molecule has 1 N–H and O–H groups in total. The number of anilines is 1. The molecule has 1 aromatic carbocycles. The van der Waals surface area contributed by atoms with E-state index in [1.165, 1.54) is 0 Å². The fourth-order valence-corrected chi connectivity index (χ4v) is 1.78. The quantitative estimate of drug-likeness (QED) is 0.860. The molecule has 0 saturated carbocycles. The molecule has 0 aliphatic rings. The number of nitrogens with zero attached hydrogens (tertiary/aromatic N) is 2. The molecule has 1 heterocycles. The van der Waals surface area contributed by atoms with Gasteiger partial charge in [-0.2, -0.15) is 4.98 Å². The molecule has 0 saturated heterocycles. The summed E-state index contributed by atoms with van der Waals surface area (Å²) in [6.45, 7) is 0.331. The van der Waals surface area contributed by atoms with Crippen LogP contribution in [0.25, 0.3) is 0 Å². The molecular formula is C13H13ClFN3O2. The summed E-state index contributed by atoms with van der Waals surface area (Å²) in [7, 11) is 3.13. The van der Waals surface area contributed by atoms with Crippen molar-refractivity contribution < 1.29 is 13.9 Å². The molecule has 2 rings (SSSR count). The van der Waals surface area contributed by atoms with Crippen molar-refractivity contribution in [3.63, 3.8) is 0 Å². The Morgan fingerprint density at radius 1 is 1.30 bits per heavy atom. The summed E-state index contributed by atoms with van der Waals surface area (Å²) in [5, 5.41) is 2.83. The number of hydrogen-bond donors (Lipinski definition) is 1. The monoisotopic (exact) mass is 297 g/mol. The summed E-state index contributed by atoms with van der Waals surface area (Å²) < 4.78 is 23.8. The SMILES string of the molecule is COc1ccc(CNc2nc(Cl)ncc2F)c(OC)c1. The number of rotatable bonds is 5. The predicted octanol–water partition coefficient (Wildman–Crippen LogP) is 2.90. The second kappa shape index (κ2) is 6.38. The number of methoxy groups -OCH3 is 2. The highest BCUT2D eigenvalue weighted by Gasteiger charge is 2.08. The maximum Gasteiger partial charge on any atom is 0.224 e. The van der Waals surface area contributed by atoms with Gasteiger partial charge in [-0.15, -0.1) is 0 Å². The lowest BCUT2D eigenvalue weighted by atomic mass is 10.2. The lowest BCUT2D eigenvalue weighted by molar-refractivity contribution is 0.391. The van der Waals surface area contributed by atoms with Gasteiger partial charge in [0.25, 0.3) is 0 Å². The highest BCUT2D eigenvalue weighted by molar-refractivity contribution is 6.28. The number of ether oxygens (including phenoxy) is 2. The minimum Gasteiger partial charge on any atom is -0.497 e. The van der Waals surface area contributed by atoms with Gasteiger partial charge in [0.2, 0.25) is 5.28 Å². The van der Waals surface area contributed by atoms with E-state index in [2.05, 4.69) is 15.3 Å². The van der Waals surface area contributed by atoms with Crippen LogP contribution >= 0.6 is 11.6 Å². The minimum atomic E-state index is -0.568. The summed E-state index contributed by atoms with van der Waals surface area (Å²) in [6.07, 6.45) is 1.02. The van der Waals surface area contributed by atoms with Gasteiger partial charge in [0.05, 0.1) is 20.4 Å². The average Bonchev–Trinajstić information content (AvgIpc) is 2.48. The molecule has 2 aromatic rings. The first kappa shape index (κ1) is 14.3. The topological polar surface area (TPSA) is 56.3 Å². The molecule has 0 aliphatic carbocycles. The number of halogens is 2. The van der Waals surface area contributed by atoms with E-state index in [-0.39, 0.29) is 11.1 Å². The maximum absolute atomic E-state index is 13.5. The Morgan fingerprint density at radius 2 is 2.10 bits per heavy atom. The van der Waals surface area contributed by atoms with Crippen molar-refractivity contribution in [1.82, 2.24) is 9.97 Å². The summed E-state index contributed by atoms with van der Waals surface area (Å²) >= 11 is 5.63. The number of hydrogen-bond acceptors (Lipinski definition) is 5. The Hall–Kier alpha value is -2.08. The standard InChI is InChI=1S/C13H13ClFN3O2/c1-19-9-4-3-8(11(5-9)20-2)6-16-12-10(15)7-17-13(14)18-12/h3-5,7H,6H2,1-2H3,(H,16,17,18). The van der Waals surface area contributed by atoms with Crippen LogP contribution in [0.3, 0.4) is 0 Å². The second-order valence-corrected chi connectivity index (χ2v) is 4.20. The third-order valence-electron chi connectivity index (χ3n) is 2.66. The van der Waals surface area contributed by atoms with Gasteiger partial charge in [0.1, 0.15) is 11.5 Å². The van der Waals surface area contributed by atoms with Crippen molar-refractivity contribution in [2.45, 2.75) is 6.54 Å². The van der Waals surface area contributed by atoms with E-state index in [9.17, 15) is 4.39 Å². The largest absolute Gasteiger partial charge is 0.497 e. The lowest BCUT2D eigenvalue weighted by Gasteiger charge is -2.12. The molecule has 0 spiro atoms. The van der Waals surface area contributed by atoms with Crippen LogP contribution in [-0.4, -0.2) is 24.2 Å².